The normalized spacial score (nSPS) is 11.2. The number of aromatic nitrogens is 4. The van der Waals surface area contributed by atoms with Gasteiger partial charge < -0.3 is 9.30 Å². The number of benzene rings is 4. The Kier molecular flexibility index (Phi) is 9.98. The molecule has 47 heavy (non-hydrogen) atoms. The van der Waals surface area contributed by atoms with Gasteiger partial charge in [0.1, 0.15) is 11.6 Å². The summed E-state index contributed by atoms with van der Waals surface area (Å²) in [7, 11) is 0. The molecular weight excluding hydrogens is 767 g/mol. The Hall–Kier alpha value is -4.54. The fourth-order valence-electron chi connectivity index (χ4n) is 6.19. The van der Waals surface area contributed by atoms with E-state index in [4.69, 9.17) is 9.84 Å². The molecule has 0 unspecified atom stereocenters. The number of pyridine rings is 1. The number of aryl methyl sites for hydroxylation is 2. The van der Waals surface area contributed by atoms with Crippen LogP contribution in [-0.2, 0) is 33.9 Å². The van der Waals surface area contributed by atoms with Gasteiger partial charge in [-0.1, -0.05) is 68.6 Å². The summed E-state index contributed by atoms with van der Waals surface area (Å²) in [6.45, 7) is 4.47. The van der Waals surface area contributed by atoms with E-state index in [1.165, 1.54) is 35.0 Å². The van der Waals surface area contributed by atoms with Crippen LogP contribution in [0.3, 0.4) is 0 Å². The summed E-state index contributed by atoms with van der Waals surface area (Å²) >= 11 is 0. The van der Waals surface area contributed by atoms with Gasteiger partial charge in [0, 0.05) is 41.0 Å². The summed E-state index contributed by atoms with van der Waals surface area (Å²) in [5, 5.41) is 6.76. The van der Waals surface area contributed by atoms with Crippen molar-refractivity contribution >= 4 is 21.8 Å². The summed E-state index contributed by atoms with van der Waals surface area (Å²) < 4.78 is 24.3. The standard InChI is InChI=1S/C40H35FN4O.Pt/c1-3-5-11-28-13-9-14-29(12-6-4-2)40(28)30-26-43-44(27-30)32-15-10-16-33(24-32)46-34-19-20-36-35-17-7-8-18-37(35)45(38(36)25-34)39-23-31(41)21-22-42-39;/h7-10,13-23,26-27H,3-6,11-12H2,1-2H3;/q-2;+2. The molecule has 238 valence electrons. The number of ether oxygens (including phenoxy) is 1. The van der Waals surface area contributed by atoms with Crippen LogP contribution in [0.15, 0.2) is 104 Å². The number of unbranched alkanes of at least 4 members (excludes halogenated alkanes) is 2. The van der Waals surface area contributed by atoms with Gasteiger partial charge in [-0.15, -0.1) is 35.7 Å². The summed E-state index contributed by atoms with van der Waals surface area (Å²) in [5.41, 5.74) is 7.65. The zero-order valence-electron chi connectivity index (χ0n) is 26.4. The molecule has 0 saturated carbocycles. The molecule has 4 aromatic carbocycles. The van der Waals surface area contributed by atoms with Crippen molar-refractivity contribution in [3.05, 3.63) is 133 Å². The van der Waals surface area contributed by atoms with Crippen LogP contribution < -0.4 is 4.74 Å². The van der Waals surface area contributed by atoms with E-state index in [0.717, 1.165) is 71.6 Å². The van der Waals surface area contributed by atoms with Gasteiger partial charge in [-0.25, -0.2) is 9.37 Å². The number of fused-ring (bicyclic) bond motifs is 3. The molecule has 0 fully saturated rings. The second kappa shape index (κ2) is 14.5. The molecule has 7 rings (SSSR count). The summed E-state index contributed by atoms with van der Waals surface area (Å²) in [6, 6.07) is 34.0. The maximum atomic E-state index is 14.2. The van der Waals surface area contributed by atoms with Crippen molar-refractivity contribution in [3.8, 4) is 34.1 Å². The molecule has 7 aromatic rings. The van der Waals surface area contributed by atoms with Crippen molar-refractivity contribution in [1.82, 2.24) is 19.3 Å². The number of rotatable bonds is 11. The molecule has 0 N–H and O–H groups in total. The molecule has 3 heterocycles. The number of nitrogens with zero attached hydrogens (tertiary/aromatic N) is 4. The fraction of sp³-hybridized carbons (Fsp3) is 0.200. The van der Waals surface area contributed by atoms with Crippen molar-refractivity contribution in [2.24, 2.45) is 0 Å². The van der Waals surface area contributed by atoms with Crippen molar-refractivity contribution in [2.45, 2.75) is 52.4 Å². The summed E-state index contributed by atoms with van der Waals surface area (Å²) in [5.74, 6) is 1.20. The van der Waals surface area contributed by atoms with E-state index in [9.17, 15) is 4.39 Å². The minimum atomic E-state index is -0.349. The second-order valence-electron chi connectivity index (χ2n) is 11.6. The Morgan fingerprint density at radius 2 is 1.53 bits per heavy atom. The van der Waals surface area contributed by atoms with E-state index < -0.39 is 0 Å². The monoisotopic (exact) mass is 801 g/mol. The van der Waals surface area contributed by atoms with Gasteiger partial charge in [0.05, 0.1) is 6.20 Å². The first-order valence-electron chi connectivity index (χ1n) is 16.1. The van der Waals surface area contributed by atoms with Crippen LogP contribution in [0.2, 0.25) is 0 Å². The number of halogens is 1. The van der Waals surface area contributed by atoms with Crippen LogP contribution in [0.25, 0.3) is 44.4 Å². The number of para-hydroxylation sites is 1. The van der Waals surface area contributed by atoms with Gasteiger partial charge in [-0.3, -0.25) is 4.68 Å². The van der Waals surface area contributed by atoms with Gasteiger partial charge >= 0.3 is 21.1 Å². The Morgan fingerprint density at radius 1 is 0.787 bits per heavy atom. The molecule has 0 atom stereocenters. The molecule has 7 heteroatoms. The molecule has 0 aliphatic heterocycles. The molecule has 0 bridgehead atoms. The predicted octanol–water partition coefficient (Wildman–Crippen LogP) is 10.2. The molecule has 0 amide bonds. The van der Waals surface area contributed by atoms with Crippen molar-refractivity contribution in [1.29, 1.82) is 0 Å². The topological polar surface area (TPSA) is 44.9 Å². The van der Waals surface area contributed by atoms with E-state index in [1.807, 2.05) is 70.0 Å². The minimum absolute atomic E-state index is 0. The molecule has 3 aromatic heterocycles. The third kappa shape index (κ3) is 6.66. The van der Waals surface area contributed by atoms with Crippen LogP contribution in [0, 0.1) is 17.9 Å². The Morgan fingerprint density at radius 3 is 2.30 bits per heavy atom. The fourth-order valence-corrected chi connectivity index (χ4v) is 6.19. The third-order valence-corrected chi connectivity index (χ3v) is 8.42. The first kappa shape index (κ1) is 32.4. The van der Waals surface area contributed by atoms with Crippen LogP contribution in [0.5, 0.6) is 11.5 Å². The largest absolute Gasteiger partial charge is 2.00 e. The Balaban J connectivity index is 0.00000386. The van der Waals surface area contributed by atoms with Gasteiger partial charge in [0.2, 0.25) is 0 Å². The van der Waals surface area contributed by atoms with E-state index in [1.54, 1.807) is 0 Å². The maximum absolute atomic E-state index is 14.2. The van der Waals surface area contributed by atoms with E-state index in [-0.39, 0.29) is 26.9 Å². The molecule has 0 saturated heterocycles. The average molecular weight is 802 g/mol. The molecule has 0 aliphatic carbocycles. The molecular formula is C40H35FN4OPt. The Labute approximate surface area is 289 Å². The quantitative estimate of drug-likeness (QED) is 0.122. The summed E-state index contributed by atoms with van der Waals surface area (Å²) in [6.07, 6.45) is 12.3. The molecule has 5 nitrogen and oxygen atoms in total. The van der Waals surface area contributed by atoms with Crippen LogP contribution in [0.4, 0.5) is 4.39 Å². The zero-order valence-corrected chi connectivity index (χ0v) is 28.7. The first-order valence-corrected chi connectivity index (χ1v) is 16.1. The van der Waals surface area contributed by atoms with E-state index in [0.29, 0.717) is 17.3 Å². The maximum Gasteiger partial charge on any atom is 2.00 e. The molecule has 0 radical (unpaired) electrons. The SMILES string of the molecule is CCCCc1cccc(CCCC)c1-c1cnn(-c2[c-]c(Oc3[c-]c4c(cc3)c3ccccc3n4-c3cc(F)ccn3)ccc2)c1.[Pt+2]. The summed E-state index contributed by atoms with van der Waals surface area (Å²) in [4.78, 5) is 4.45. The van der Waals surface area contributed by atoms with E-state index in [2.05, 4.69) is 55.4 Å². The van der Waals surface area contributed by atoms with Crippen molar-refractivity contribution in [3.63, 3.8) is 0 Å². The van der Waals surface area contributed by atoms with Gasteiger partial charge in [-0.2, -0.15) is 17.2 Å². The second-order valence-corrected chi connectivity index (χ2v) is 11.6. The van der Waals surface area contributed by atoms with Crippen LogP contribution >= 0.6 is 0 Å². The van der Waals surface area contributed by atoms with E-state index >= 15 is 0 Å². The molecule has 0 aliphatic rings. The van der Waals surface area contributed by atoms with Crippen molar-refractivity contribution in [2.75, 3.05) is 0 Å². The van der Waals surface area contributed by atoms with Gasteiger partial charge in [-0.05, 0) is 65.6 Å². The van der Waals surface area contributed by atoms with Crippen LogP contribution in [-0.4, -0.2) is 19.3 Å². The Bertz CT molecular complexity index is 2120. The zero-order chi connectivity index (χ0) is 31.5. The molecule has 0 spiro atoms. The third-order valence-electron chi connectivity index (χ3n) is 8.42. The minimum Gasteiger partial charge on any atom is -0.509 e. The smallest absolute Gasteiger partial charge is 0.509 e. The van der Waals surface area contributed by atoms with Crippen molar-refractivity contribution < 1.29 is 30.2 Å². The predicted molar refractivity (Wildman–Crippen MR) is 183 cm³/mol. The van der Waals surface area contributed by atoms with Crippen LogP contribution in [0.1, 0.15) is 50.7 Å². The van der Waals surface area contributed by atoms with Gasteiger partial charge in [0.15, 0.2) is 0 Å². The first-order chi connectivity index (χ1) is 22.6. The number of hydrogen-bond donors (Lipinski definition) is 0. The average Bonchev–Trinajstić information content (AvgIpc) is 3.69. The van der Waals surface area contributed by atoms with Gasteiger partial charge in [0.25, 0.3) is 0 Å². The number of hydrogen-bond acceptors (Lipinski definition) is 3.